The minimum Gasteiger partial charge on any atom is -0.389 e. The number of carbonyl (C=O) groups excluding carboxylic acids is 1. The molecular formula is C26H31N3O4. The molecule has 1 amide bonds. The zero-order valence-electron chi connectivity index (χ0n) is 19.6. The van der Waals surface area contributed by atoms with Crippen LogP contribution in [0.3, 0.4) is 0 Å². The molecule has 1 aromatic heterocycles. The molecular weight excluding hydrogens is 418 g/mol. The Morgan fingerprint density at radius 3 is 2.64 bits per heavy atom. The van der Waals surface area contributed by atoms with Crippen LogP contribution in [0.1, 0.15) is 58.9 Å². The molecule has 0 aliphatic carbocycles. The summed E-state index contributed by atoms with van der Waals surface area (Å²) in [5.74, 6) is -0.0868. The molecule has 174 valence electrons. The predicted molar refractivity (Wildman–Crippen MR) is 128 cm³/mol. The van der Waals surface area contributed by atoms with E-state index < -0.39 is 6.10 Å². The van der Waals surface area contributed by atoms with Gasteiger partial charge in [0, 0.05) is 18.2 Å². The van der Waals surface area contributed by atoms with E-state index in [1.165, 1.54) is 0 Å². The molecule has 1 fully saturated rings. The number of hydrogen-bond acceptors (Lipinski definition) is 5. The van der Waals surface area contributed by atoms with Gasteiger partial charge in [0.05, 0.1) is 36.0 Å². The molecule has 2 heterocycles. The van der Waals surface area contributed by atoms with Crippen molar-refractivity contribution < 1.29 is 14.6 Å². The van der Waals surface area contributed by atoms with Gasteiger partial charge >= 0.3 is 0 Å². The third-order valence-electron chi connectivity index (χ3n) is 6.43. The molecule has 4 rings (SSSR count). The molecule has 0 radical (unpaired) electrons. The number of amides is 1. The van der Waals surface area contributed by atoms with E-state index in [1.54, 1.807) is 10.9 Å². The van der Waals surface area contributed by atoms with Crippen molar-refractivity contribution in [3.8, 4) is 0 Å². The van der Waals surface area contributed by atoms with E-state index in [0.29, 0.717) is 35.9 Å². The second-order valence-electron chi connectivity index (χ2n) is 9.14. The van der Waals surface area contributed by atoms with Crippen LogP contribution in [0.15, 0.2) is 41.5 Å². The summed E-state index contributed by atoms with van der Waals surface area (Å²) < 4.78 is 6.86. The van der Waals surface area contributed by atoms with Gasteiger partial charge in [-0.3, -0.25) is 14.2 Å². The standard InChI is InChI=1S/C26H31N3O4/c1-15(2)28-25(31)19-7-5-18(6-8-19)11-20-12-21-24(17(4)16(20)3)27-14-29(26(21)32)22-9-10-33-13-23(22)30/h5-8,12,14-15,22-23,30H,9-11,13H2,1-4H3,(H,28,31)/t22-,23-/m0/s1. The molecule has 3 aromatic rings. The Kier molecular flexibility index (Phi) is 6.63. The van der Waals surface area contributed by atoms with Gasteiger partial charge in [-0.1, -0.05) is 12.1 Å². The van der Waals surface area contributed by atoms with E-state index in [-0.39, 0.29) is 30.2 Å². The van der Waals surface area contributed by atoms with E-state index in [1.807, 2.05) is 58.0 Å². The number of hydrogen-bond donors (Lipinski definition) is 2. The number of carbonyl (C=O) groups is 1. The molecule has 0 bridgehead atoms. The average molecular weight is 450 g/mol. The van der Waals surface area contributed by atoms with Gasteiger partial charge in [-0.2, -0.15) is 0 Å². The fourth-order valence-corrected chi connectivity index (χ4v) is 4.41. The first-order chi connectivity index (χ1) is 15.8. The minimum atomic E-state index is -0.729. The number of nitrogens with one attached hydrogen (secondary N) is 1. The topological polar surface area (TPSA) is 93.5 Å². The first kappa shape index (κ1) is 23.1. The fourth-order valence-electron chi connectivity index (χ4n) is 4.41. The van der Waals surface area contributed by atoms with Crippen LogP contribution in [-0.2, 0) is 11.2 Å². The Morgan fingerprint density at radius 2 is 1.97 bits per heavy atom. The Balaban J connectivity index is 1.68. The van der Waals surface area contributed by atoms with E-state index in [0.717, 1.165) is 22.3 Å². The lowest BCUT2D eigenvalue weighted by Crippen LogP contribution is -2.39. The van der Waals surface area contributed by atoms with Crippen molar-refractivity contribution in [2.45, 2.75) is 58.7 Å². The molecule has 0 saturated carbocycles. The first-order valence-corrected chi connectivity index (χ1v) is 11.4. The molecule has 2 N–H and O–H groups in total. The number of aliphatic hydroxyl groups is 1. The first-order valence-electron chi connectivity index (χ1n) is 11.4. The number of rotatable bonds is 5. The summed E-state index contributed by atoms with van der Waals surface area (Å²) in [5.41, 5.74) is 5.36. The van der Waals surface area contributed by atoms with Crippen molar-refractivity contribution in [3.63, 3.8) is 0 Å². The van der Waals surface area contributed by atoms with Gasteiger partial charge in [-0.15, -0.1) is 0 Å². The zero-order valence-corrected chi connectivity index (χ0v) is 19.6. The maximum absolute atomic E-state index is 13.4. The highest BCUT2D eigenvalue weighted by atomic mass is 16.5. The molecule has 7 nitrogen and oxygen atoms in total. The Labute approximate surface area is 193 Å². The van der Waals surface area contributed by atoms with E-state index >= 15 is 0 Å². The van der Waals surface area contributed by atoms with Crippen LogP contribution in [0.2, 0.25) is 0 Å². The predicted octanol–water partition coefficient (Wildman–Crippen LogP) is 3.06. The normalized spacial score (nSPS) is 18.6. The number of ether oxygens (including phenoxy) is 1. The van der Waals surface area contributed by atoms with Crippen molar-refractivity contribution in [1.82, 2.24) is 14.9 Å². The second-order valence-corrected chi connectivity index (χ2v) is 9.14. The number of fused-ring (bicyclic) bond motifs is 1. The van der Waals surface area contributed by atoms with Gasteiger partial charge in [-0.25, -0.2) is 4.98 Å². The van der Waals surface area contributed by atoms with Crippen LogP contribution in [0.25, 0.3) is 10.9 Å². The van der Waals surface area contributed by atoms with Crippen molar-refractivity contribution >= 4 is 16.8 Å². The zero-order chi connectivity index (χ0) is 23.7. The third kappa shape index (κ3) is 4.70. The molecule has 7 heteroatoms. The molecule has 1 aliphatic heterocycles. The summed E-state index contributed by atoms with van der Waals surface area (Å²) in [5, 5.41) is 13.8. The SMILES string of the molecule is Cc1c(Cc2ccc(C(=O)NC(C)C)cc2)cc2c(=O)n([C@H]3CCOC[C@@H]3O)cnc2c1C. The molecule has 33 heavy (non-hydrogen) atoms. The van der Waals surface area contributed by atoms with Crippen molar-refractivity contribution in [3.05, 3.63) is 74.8 Å². The Morgan fingerprint density at radius 1 is 1.24 bits per heavy atom. The van der Waals surface area contributed by atoms with Gasteiger partial charge in [-0.05, 0) is 81.0 Å². The van der Waals surface area contributed by atoms with Gasteiger partial charge in [0.25, 0.3) is 11.5 Å². The highest BCUT2D eigenvalue weighted by Crippen LogP contribution is 2.26. The molecule has 1 aliphatic rings. The van der Waals surface area contributed by atoms with E-state index in [2.05, 4.69) is 10.3 Å². The van der Waals surface area contributed by atoms with Gasteiger partial charge in [0.2, 0.25) is 0 Å². The minimum absolute atomic E-state index is 0.0836. The number of benzene rings is 2. The van der Waals surface area contributed by atoms with Gasteiger partial charge in [0.15, 0.2) is 0 Å². The highest BCUT2D eigenvalue weighted by molar-refractivity contribution is 5.94. The average Bonchev–Trinajstić information content (AvgIpc) is 2.78. The summed E-state index contributed by atoms with van der Waals surface area (Å²) in [7, 11) is 0. The van der Waals surface area contributed by atoms with E-state index in [9.17, 15) is 14.7 Å². The van der Waals surface area contributed by atoms with Crippen molar-refractivity contribution in [2.75, 3.05) is 13.2 Å². The van der Waals surface area contributed by atoms with Crippen LogP contribution in [0.5, 0.6) is 0 Å². The maximum atomic E-state index is 13.4. The monoisotopic (exact) mass is 449 g/mol. The third-order valence-corrected chi connectivity index (χ3v) is 6.43. The summed E-state index contributed by atoms with van der Waals surface area (Å²) in [6.45, 7) is 8.63. The quantitative estimate of drug-likeness (QED) is 0.625. The summed E-state index contributed by atoms with van der Waals surface area (Å²) >= 11 is 0. The van der Waals surface area contributed by atoms with Gasteiger partial charge in [0.1, 0.15) is 0 Å². The second kappa shape index (κ2) is 9.45. The Bertz CT molecular complexity index is 1230. The highest BCUT2D eigenvalue weighted by Gasteiger charge is 2.27. The fraction of sp³-hybridized carbons (Fsp3) is 0.423. The molecule has 0 spiro atoms. The Hall–Kier alpha value is -3.03. The molecule has 2 atom stereocenters. The van der Waals surface area contributed by atoms with Gasteiger partial charge < -0.3 is 15.2 Å². The lowest BCUT2D eigenvalue weighted by Gasteiger charge is -2.29. The molecule has 0 unspecified atom stereocenters. The molecule has 1 saturated heterocycles. The number of nitrogens with zero attached hydrogens (tertiary/aromatic N) is 2. The van der Waals surface area contributed by atoms with Crippen molar-refractivity contribution in [1.29, 1.82) is 0 Å². The van der Waals surface area contributed by atoms with Crippen LogP contribution in [0, 0.1) is 13.8 Å². The summed E-state index contributed by atoms with van der Waals surface area (Å²) in [6.07, 6.45) is 2.04. The smallest absolute Gasteiger partial charge is 0.261 e. The maximum Gasteiger partial charge on any atom is 0.261 e. The summed E-state index contributed by atoms with van der Waals surface area (Å²) in [4.78, 5) is 30.2. The van der Waals surface area contributed by atoms with Crippen LogP contribution in [0.4, 0.5) is 0 Å². The van der Waals surface area contributed by atoms with E-state index in [4.69, 9.17) is 4.74 Å². The van der Waals surface area contributed by atoms with Crippen LogP contribution in [-0.4, -0.2) is 45.9 Å². The number of aromatic nitrogens is 2. The lowest BCUT2D eigenvalue weighted by atomic mass is 9.94. The molecule has 2 aromatic carbocycles. The van der Waals surface area contributed by atoms with Crippen LogP contribution < -0.4 is 10.9 Å². The van der Waals surface area contributed by atoms with Crippen LogP contribution >= 0.6 is 0 Å². The number of aryl methyl sites for hydroxylation is 1. The lowest BCUT2D eigenvalue weighted by molar-refractivity contribution is -0.0395. The summed E-state index contributed by atoms with van der Waals surface area (Å²) in [6, 6.07) is 9.24. The number of aliphatic hydroxyl groups excluding tert-OH is 1. The van der Waals surface area contributed by atoms with Crippen molar-refractivity contribution in [2.24, 2.45) is 0 Å². The largest absolute Gasteiger partial charge is 0.389 e.